The molecule has 67 valence electrons. The van der Waals surface area contributed by atoms with Gasteiger partial charge in [0.1, 0.15) is 0 Å². The molecule has 1 heterocycles. The lowest BCUT2D eigenvalue weighted by molar-refractivity contribution is 0.573. The second kappa shape index (κ2) is 4.58. The standard InChI is InChI=1S/C10H12N3/c1-8(2)13-7-10-6-12-4-3-9(10)5-11/h3-4,6,8H,7H2,1-2H3. The third-order valence-electron chi connectivity index (χ3n) is 1.65. The summed E-state index contributed by atoms with van der Waals surface area (Å²) in [6.45, 7) is 4.61. The van der Waals surface area contributed by atoms with Crippen LogP contribution >= 0.6 is 0 Å². The molecule has 0 unspecified atom stereocenters. The van der Waals surface area contributed by atoms with Gasteiger partial charge in [-0.15, -0.1) is 0 Å². The fraction of sp³-hybridized carbons (Fsp3) is 0.400. The highest BCUT2D eigenvalue weighted by Crippen LogP contribution is 2.05. The van der Waals surface area contributed by atoms with Crippen molar-refractivity contribution in [2.75, 3.05) is 0 Å². The Balaban J connectivity index is 2.71. The third-order valence-corrected chi connectivity index (χ3v) is 1.65. The van der Waals surface area contributed by atoms with Gasteiger partial charge in [-0.2, -0.15) is 5.26 Å². The second-order valence-electron chi connectivity index (χ2n) is 3.08. The largest absolute Gasteiger partial charge is 0.264 e. The molecule has 1 aromatic heterocycles. The highest BCUT2D eigenvalue weighted by molar-refractivity contribution is 5.34. The van der Waals surface area contributed by atoms with E-state index in [1.54, 1.807) is 18.5 Å². The molecular formula is C10H12N3. The summed E-state index contributed by atoms with van der Waals surface area (Å²) in [7, 11) is 0. The minimum absolute atomic E-state index is 0.298. The summed E-state index contributed by atoms with van der Waals surface area (Å²) >= 11 is 0. The van der Waals surface area contributed by atoms with Crippen LogP contribution in [0.25, 0.3) is 0 Å². The van der Waals surface area contributed by atoms with Crippen molar-refractivity contribution in [1.82, 2.24) is 10.3 Å². The van der Waals surface area contributed by atoms with Crippen molar-refractivity contribution in [2.24, 2.45) is 0 Å². The maximum absolute atomic E-state index is 8.76. The highest BCUT2D eigenvalue weighted by Gasteiger charge is 2.02. The van der Waals surface area contributed by atoms with Crippen LogP contribution in [0.1, 0.15) is 25.0 Å². The van der Waals surface area contributed by atoms with Gasteiger partial charge in [-0.25, -0.2) is 5.32 Å². The van der Waals surface area contributed by atoms with Crippen LogP contribution < -0.4 is 5.32 Å². The summed E-state index contributed by atoms with van der Waals surface area (Å²) in [6.07, 6.45) is 3.32. The van der Waals surface area contributed by atoms with Crippen molar-refractivity contribution >= 4 is 0 Å². The van der Waals surface area contributed by atoms with Gasteiger partial charge in [0.25, 0.3) is 0 Å². The van der Waals surface area contributed by atoms with E-state index < -0.39 is 0 Å². The Kier molecular flexibility index (Phi) is 3.41. The van der Waals surface area contributed by atoms with Gasteiger partial charge in [-0.3, -0.25) is 4.98 Å². The molecular weight excluding hydrogens is 162 g/mol. The second-order valence-corrected chi connectivity index (χ2v) is 3.08. The van der Waals surface area contributed by atoms with Crippen LogP contribution in [0, 0.1) is 11.3 Å². The Bertz CT molecular complexity index is 312. The summed E-state index contributed by atoms with van der Waals surface area (Å²) in [5.74, 6) is 0. The van der Waals surface area contributed by atoms with E-state index in [-0.39, 0.29) is 0 Å². The summed E-state index contributed by atoms with van der Waals surface area (Å²) in [5, 5.41) is 13.1. The normalized spacial score (nSPS) is 10.0. The summed E-state index contributed by atoms with van der Waals surface area (Å²) < 4.78 is 0. The van der Waals surface area contributed by atoms with Crippen LogP contribution in [0.15, 0.2) is 18.5 Å². The molecule has 0 aliphatic heterocycles. The van der Waals surface area contributed by atoms with Gasteiger partial charge in [0, 0.05) is 30.5 Å². The topological polar surface area (TPSA) is 50.8 Å². The van der Waals surface area contributed by atoms with Crippen LogP contribution in [-0.2, 0) is 6.54 Å². The molecule has 0 saturated carbocycles. The Morgan fingerprint density at radius 2 is 2.38 bits per heavy atom. The molecule has 0 bridgehead atoms. The number of nitrogens with zero attached hydrogens (tertiary/aromatic N) is 3. The lowest BCUT2D eigenvalue weighted by atomic mass is 10.1. The first-order valence-electron chi connectivity index (χ1n) is 4.23. The van der Waals surface area contributed by atoms with Gasteiger partial charge in [0.15, 0.2) is 0 Å². The van der Waals surface area contributed by atoms with E-state index in [1.807, 2.05) is 13.8 Å². The van der Waals surface area contributed by atoms with Gasteiger partial charge in [-0.05, 0) is 19.9 Å². The van der Waals surface area contributed by atoms with Crippen LogP contribution in [0.2, 0.25) is 0 Å². The first kappa shape index (κ1) is 9.69. The molecule has 0 saturated heterocycles. The zero-order valence-electron chi connectivity index (χ0n) is 7.86. The average Bonchev–Trinajstić information content (AvgIpc) is 2.15. The smallest absolute Gasteiger partial charge is 0.0996 e. The van der Waals surface area contributed by atoms with E-state index in [2.05, 4.69) is 16.4 Å². The molecule has 1 radical (unpaired) electrons. The number of nitriles is 1. The zero-order chi connectivity index (χ0) is 9.68. The van der Waals surface area contributed by atoms with E-state index in [1.165, 1.54) is 0 Å². The monoisotopic (exact) mass is 174 g/mol. The Morgan fingerprint density at radius 3 is 3.00 bits per heavy atom. The maximum Gasteiger partial charge on any atom is 0.0996 e. The molecule has 0 fully saturated rings. The van der Waals surface area contributed by atoms with Crippen LogP contribution in [0.4, 0.5) is 0 Å². The average molecular weight is 174 g/mol. The number of hydrogen-bond acceptors (Lipinski definition) is 2. The minimum atomic E-state index is 0.298. The van der Waals surface area contributed by atoms with E-state index in [4.69, 9.17) is 5.26 Å². The quantitative estimate of drug-likeness (QED) is 0.696. The summed E-state index contributed by atoms with van der Waals surface area (Å²) in [6, 6.07) is 4.13. The molecule has 1 rings (SSSR count). The molecule has 0 atom stereocenters. The Labute approximate surface area is 78.4 Å². The van der Waals surface area contributed by atoms with Gasteiger partial charge in [0.2, 0.25) is 0 Å². The fourth-order valence-corrected chi connectivity index (χ4v) is 0.943. The summed E-state index contributed by atoms with van der Waals surface area (Å²) in [4.78, 5) is 3.96. The zero-order valence-corrected chi connectivity index (χ0v) is 7.86. The predicted molar refractivity (Wildman–Crippen MR) is 49.9 cm³/mol. The van der Waals surface area contributed by atoms with Crippen molar-refractivity contribution in [3.63, 3.8) is 0 Å². The fourth-order valence-electron chi connectivity index (χ4n) is 0.943. The molecule has 0 spiro atoms. The van der Waals surface area contributed by atoms with E-state index in [0.717, 1.165) is 5.56 Å². The van der Waals surface area contributed by atoms with E-state index in [0.29, 0.717) is 18.2 Å². The number of aromatic nitrogens is 1. The molecule has 0 aliphatic rings. The van der Waals surface area contributed by atoms with Crippen LogP contribution in [0.5, 0.6) is 0 Å². The molecule has 3 nitrogen and oxygen atoms in total. The lowest BCUT2D eigenvalue weighted by Crippen LogP contribution is -2.14. The molecule has 0 aliphatic carbocycles. The van der Waals surface area contributed by atoms with Gasteiger partial charge >= 0.3 is 0 Å². The van der Waals surface area contributed by atoms with Crippen molar-refractivity contribution in [1.29, 1.82) is 5.26 Å². The number of pyridine rings is 1. The molecule has 13 heavy (non-hydrogen) atoms. The predicted octanol–water partition coefficient (Wildman–Crippen LogP) is 1.47. The number of hydrogen-bond donors (Lipinski definition) is 0. The Morgan fingerprint density at radius 1 is 1.62 bits per heavy atom. The maximum atomic E-state index is 8.76. The SMILES string of the molecule is CC(C)[N]Cc1cnccc1C#N. The van der Waals surface area contributed by atoms with Crippen LogP contribution in [0.3, 0.4) is 0 Å². The van der Waals surface area contributed by atoms with Crippen molar-refractivity contribution in [3.05, 3.63) is 29.6 Å². The molecule has 0 aromatic carbocycles. The van der Waals surface area contributed by atoms with Gasteiger partial charge < -0.3 is 0 Å². The van der Waals surface area contributed by atoms with E-state index in [9.17, 15) is 0 Å². The number of rotatable bonds is 3. The van der Waals surface area contributed by atoms with E-state index >= 15 is 0 Å². The van der Waals surface area contributed by atoms with Crippen LogP contribution in [-0.4, -0.2) is 11.0 Å². The highest BCUT2D eigenvalue weighted by atomic mass is 14.9. The molecule has 0 amide bonds. The molecule has 0 N–H and O–H groups in total. The molecule has 3 heteroatoms. The Hall–Kier alpha value is -1.40. The summed E-state index contributed by atoms with van der Waals surface area (Å²) in [5.41, 5.74) is 1.57. The van der Waals surface area contributed by atoms with Gasteiger partial charge in [-0.1, -0.05) is 0 Å². The lowest BCUT2D eigenvalue weighted by Gasteiger charge is -2.05. The third kappa shape index (κ3) is 2.85. The van der Waals surface area contributed by atoms with Crippen molar-refractivity contribution in [2.45, 2.75) is 26.4 Å². The minimum Gasteiger partial charge on any atom is -0.264 e. The first-order valence-corrected chi connectivity index (χ1v) is 4.23. The molecule has 1 aromatic rings. The van der Waals surface area contributed by atoms with Gasteiger partial charge in [0.05, 0.1) is 11.6 Å². The first-order chi connectivity index (χ1) is 6.24. The van der Waals surface area contributed by atoms with Crippen molar-refractivity contribution in [3.8, 4) is 6.07 Å². The van der Waals surface area contributed by atoms with Crippen molar-refractivity contribution < 1.29 is 0 Å².